The topological polar surface area (TPSA) is 77.8 Å². The third kappa shape index (κ3) is 7.71. The molecule has 0 aromatic heterocycles. The number of rotatable bonds is 12. The van der Waals surface area contributed by atoms with Crippen LogP contribution in [0.5, 0.6) is 0 Å². The molecule has 3 atom stereocenters. The van der Waals surface area contributed by atoms with Crippen LogP contribution in [0.2, 0.25) is 0 Å². The van der Waals surface area contributed by atoms with Crippen LogP contribution in [-0.2, 0) is 9.59 Å². The minimum Gasteiger partial charge on any atom is -0.481 e. The van der Waals surface area contributed by atoms with Crippen molar-refractivity contribution in [3.8, 4) is 11.8 Å². The highest BCUT2D eigenvalue weighted by Crippen LogP contribution is 2.40. The van der Waals surface area contributed by atoms with E-state index in [1.54, 1.807) is 20.8 Å². The fourth-order valence-electron chi connectivity index (χ4n) is 3.77. The fourth-order valence-corrected chi connectivity index (χ4v) is 3.77. The Balaban J connectivity index is 2.78. The van der Waals surface area contributed by atoms with Gasteiger partial charge in [-0.3, -0.25) is 9.59 Å². The molecule has 5 nitrogen and oxygen atoms in total. The van der Waals surface area contributed by atoms with Gasteiger partial charge in [0.25, 0.3) is 5.91 Å². The van der Waals surface area contributed by atoms with Crippen LogP contribution >= 0.6 is 0 Å². The van der Waals surface area contributed by atoms with Crippen LogP contribution in [0.3, 0.4) is 0 Å². The van der Waals surface area contributed by atoms with Crippen molar-refractivity contribution in [3.05, 3.63) is 12.2 Å². The predicted octanol–water partition coefficient (Wildman–Crippen LogP) is 4.39. The van der Waals surface area contributed by atoms with E-state index in [0.717, 1.165) is 12.8 Å². The normalized spacial score (nSPS) is 20.8. The van der Waals surface area contributed by atoms with Gasteiger partial charge in [0.05, 0.1) is 12.1 Å². The summed E-state index contributed by atoms with van der Waals surface area (Å²) in [4.78, 5) is 24.2. The number of carboxylic acid groups (broad SMARTS) is 1. The summed E-state index contributed by atoms with van der Waals surface area (Å²) in [5.74, 6) is 0.100. The van der Waals surface area contributed by atoms with E-state index in [4.69, 9.17) is 5.11 Å². The predicted molar refractivity (Wildman–Crippen MR) is 112 cm³/mol. The molecular weight excluding hydrogens is 392 g/mol. The third-order valence-corrected chi connectivity index (χ3v) is 5.62. The SMILES string of the molecule is CC#CC[C@H](C)[C@H](O)/C=C/[C@H]1CC(F)(F)C(=O)N1C(C)(C)CCCCCCC(=O)O. The molecule has 1 aliphatic heterocycles. The Morgan fingerprint density at radius 1 is 1.33 bits per heavy atom. The average Bonchev–Trinajstić information content (AvgIpc) is 2.89. The van der Waals surface area contributed by atoms with Crippen LogP contribution < -0.4 is 0 Å². The van der Waals surface area contributed by atoms with Crippen LogP contribution in [0.4, 0.5) is 8.78 Å². The number of hydrogen-bond acceptors (Lipinski definition) is 3. The van der Waals surface area contributed by atoms with Crippen LogP contribution in [0.25, 0.3) is 0 Å². The molecule has 0 bridgehead atoms. The van der Waals surface area contributed by atoms with Crippen molar-refractivity contribution in [2.45, 2.75) is 103 Å². The maximum atomic E-state index is 14.2. The largest absolute Gasteiger partial charge is 0.481 e. The minimum atomic E-state index is -3.42. The second-order valence-corrected chi connectivity index (χ2v) is 8.76. The Morgan fingerprint density at radius 3 is 2.57 bits per heavy atom. The number of halogens is 2. The van der Waals surface area contributed by atoms with Gasteiger partial charge < -0.3 is 15.1 Å². The summed E-state index contributed by atoms with van der Waals surface area (Å²) in [6.07, 6.45) is 5.59. The number of carbonyl (C=O) groups is 2. The summed E-state index contributed by atoms with van der Waals surface area (Å²) >= 11 is 0. The molecule has 1 saturated heterocycles. The van der Waals surface area contributed by atoms with Gasteiger partial charge in [-0.2, -0.15) is 8.78 Å². The summed E-state index contributed by atoms with van der Waals surface area (Å²) in [5, 5.41) is 18.9. The first-order valence-electron chi connectivity index (χ1n) is 10.6. The molecule has 0 aromatic rings. The van der Waals surface area contributed by atoms with E-state index in [-0.39, 0.29) is 12.3 Å². The van der Waals surface area contributed by atoms with Gasteiger partial charge in [0.15, 0.2) is 0 Å². The van der Waals surface area contributed by atoms with Gasteiger partial charge in [-0.05, 0) is 39.5 Å². The number of carbonyl (C=O) groups excluding carboxylic acids is 1. The number of amides is 1. The molecule has 1 amide bonds. The lowest BCUT2D eigenvalue weighted by atomic mass is 9.92. The number of likely N-dealkylation sites (tertiary alicyclic amines) is 1. The van der Waals surface area contributed by atoms with Gasteiger partial charge in [-0.25, -0.2) is 0 Å². The lowest BCUT2D eigenvalue weighted by Gasteiger charge is -2.39. The van der Waals surface area contributed by atoms with Gasteiger partial charge in [0, 0.05) is 24.8 Å². The quantitative estimate of drug-likeness (QED) is 0.275. The standard InChI is InChI=1S/C23H35F2NO4/c1-5-6-11-17(2)19(27)14-13-18-16-23(24,25)21(30)26(18)22(3,4)15-10-8-7-9-12-20(28)29/h13-14,17-19,27H,7-12,15-16H2,1-4H3,(H,28,29)/b14-13+/t17-,18-,19+/m0/s1. The first kappa shape index (κ1) is 26.1. The lowest BCUT2D eigenvalue weighted by Crippen LogP contribution is -2.50. The summed E-state index contributed by atoms with van der Waals surface area (Å²) in [6.45, 7) is 7.10. The summed E-state index contributed by atoms with van der Waals surface area (Å²) in [7, 11) is 0. The molecule has 0 radical (unpaired) electrons. The summed E-state index contributed by atoms with van der Waals surface area (Å²) in [5.41, 5.74) is -0.775. The van der Waals surface area contributed by atoms with Crippen molar-refractivity contribution >= 4 is 11.9 Å². The molecule has 7 heteroatoms. The Bertz CT molecular complexity index is 678. The number of aliphatic carboxylic acids is 1. The Hall–Kier alpha value is -1.94. The first-order chi connectivity index (χ1) is 13.9. The first-order valence-corrected chi connectivity index (χ1v) is 10.6. The molecule has 2 N–H and O–H groups in total. The van der Waals surface area contributed by atoms with Gasteiger partial charge >= 0.3 is 11.9 Å². The zero-order valence-corrected chi connectivity index (χ0v) is 18.5. The maximum Gasteiger partial charge on any atom is 0.327 e. The van der Waals surface area contributed by atoms with E-state index in [2.05, 4.69) is 11.8 Å². The molecule has 1 fully saturated rings. The van der Waals surface area contributed by atoms with Crippen LogP contribution in [-0.4, -0.2) is 50.6 Å². The molecule has 0 aliphatic carbocycles. The van der Waals surface area contributed by atoms with Gasteiger partial charge in [0.2, 0.25) is 0 Å². The second-order valence-electron chi connectivity index (χ2n) is 8.76. The van der Waals surface area contributed by atoms with E-state index in [0.29, 0.717) is 25.7 Å². The zero-order valence-electron chi connectivity index (χ0n) is 18.5. The highest BCUT2D eigenvalue weighted by molar-refractivity contribution is 5.87. The monoisotopic (exact) mass is 427 g/mol. The van der Waals surface area contributed by atoms with Crippen LogP contribution in [0, 0.1) is 17.8 Å². The number of hydrogen-bond donors (Lipinski definition) is 2. The second kappa shape index (κ2) is 11.5. The molecule has 0 aromatic carbocycles. The molecule has 1 heterocycles. The van der Waals surface area contributed by atoms with Crippen molar-refractivity contribution in [1.82, 2.24) is 4.90 Å². The highest BCUT2D eigenvalue weighted by Gasteiger charge is 2.56. The van der Waals surface area contributed by atoms with Crippen LogP contribution in [0.15, 0.2) is 12.2 Å². The Kier molecular flexibility index (Phi) is 9.96. The molecule has 170 valence electrons. The van der Waals surface area contributed by atoms with Crippen molar-refractivity contribution in [2.75, 3.05) is 0 Å². The van der Waals surface area contributed by atoms with Gasteiger partial charge in [0.1, 0.15) is 0 Å². The zero-order chi connectivity index (χ0) is 22.9. The number of unbranched alkanes of at least 4 members (excludes halogenated alkanes) is 3. The summed E-state index contributed by atoms with van der Waals surface area (Å²) in [6, 6.07) is -0.784. The number of alkyl halides is 2. The molecule has 0 spiro atoms. The number of nitrogens with zero attached hydrogens (tertiary/aromatic N) is 1. The van der Waals surface area contributed by atoms with E-state index in [1.807, 2.05) is 6.92 Å². The van der Waals surface area contributed by atoms with E-state index in [9.17, 15) is 23.5 Å². The number of aliphatic hydroxyl groups is 1. The summed E-state index contributed by atoms with van der Waals surface area (Å²) < 4.78 is 28.4. The van der Waals surface area contributed by atoms with Gasteiger partial charge in [-0.15, -0.1) is 11.8 Å². The smallest absolute Gasteiger partial charge is 0.327 e. The highest BCUT2D eigenvalue weighted by atomic mass is 19.3. The van der Waals surface area contributed by atoms with Crippen molar-refractivity contribution < 1.29 is 28.6 Å². The Labute approximate surface area is 178 Å². The molecule has 1 aliphatic rings. The molecule has 0 unspecified atom stereocenters. The lowest BCUT2D eigenvalue weighted by molar-refractivity contribution is -0.152. The van der Waals surface area contributed by atoms with Crippen molar-refractivity contribution in [1.29, 1.82) is 0 Å². The van der Waals surface area contributed by atoms with Gasteiger partial charge in [-0.1, -0.05) is 38.3 Å². The van der Waals surface area contributed by atoms with Crippen LogP contribution in [0.1, 0.15) is 79.1 Å². The number of carboxylic acids is 1. The third-order valence-electron chi connectivity index (χ3n) is 5.62. The molecule has 30 heavy (non-hydrogen) atoms. The molecule has 1 rings (SSSR count). The minimum absolute atomic E-state index is 0.123. The molecule has 0 saturated carbocycles. The molecular formula is C23H35F2NO4. The van der Waals surface area contributed by atoms with E-state index >= 15 is 0 Å². The van der Waals surface area contributed by atoms with Crippen molar-refractivity contribution in [2.24, 2.45) is 5.92 Å². The number of aliphatic hydroxyl groups excluding tert-OH is 1. The van der Waals surface area contributed by atoms with Crippen molar-refractivity contribution in [3.63, 3.8) is 0 Å². The fraction of sp³-hybridized carbons (Fsp3) is 0.739. The van der Waals surface area contributed by atoms with E-state index < -0.39 is 41.9 Å². The van der Waals surface area contributed by atoms with E-state index in [1.165, 1.54) is 17.1 Å². The maximum absolute atomic E-state index is 14.2. The average molecular weight is 428 g/mol. The Morgan fingerprint density at radius 2 is 1.97 bits per heavy atom.